The van der Waals surface area contributed by atoms with Gasteiger partial charge in [-0.15, -0.1) is 15.3 Å². The zero-order valence-corrected chi connectivity index (χ0v) is 18.3. The summed E-state index contributed by atoms with van der Waals surface area (Å²) in [4.78, 5) is 21.2. The van der Waals surface area contributed by atoms with Crippen LogP contribution in [0.4, 0.5) is 0 Å². The number of tetrazole rings is 1. The fourth-order valence-electron chi connectivity index (χ4n) is 3.53. The van der Waals surface area contributed by atoms with Crippen LogP contribution in [-0.4, -0.2) is 46.2 Å². The summed E-state index contributed by atoms with van der Waals surface area (Å²) in [6.07, 6.45) is 6.27. The molecule has 32 heavy (non-hydrogen) atoms. The van der Waals surface area contributed by atoms with Gasteiger partial charge in [0.1, 0.15) is 5.82 Å². The number of aryl methyl sites for hydroxylation is 1. The van der Waals surface area contributed by atoms with E-state index in [-0.39, 0.29) is 5.78 Å². The summed E-state index contributed by atoms with van der Waals surface area (Å²) in [7, 11) is 0. The molecule has 1 N–H and O–H groups in total. The number of aromatic amines is 1. The van der Waals surface area contributed by atoms with Crippen molar-refractivity contribution in [1.29, 1.82) is 0 Å². The van der Waals surface area contributed by atoms with Crippen molar-refractivity contribution in [3.05, 3.63) is 59.8 Å². The Morgan fingerprint density at radius 2 is 1.94 bits per heavy atom. The van der Waals surface area contributed by atoms with Crippen LogP contribution in [-0.2, 0) is 13.0 Å². The van der Waals surface area contributed by atoms with Crippen LogP contribution >= 0.6 is 0 Å². The number of ketones is 1. The minimum Gasteiger partial charge on any atom is -0.291 e. The maximum Gasteiger partial charge on any atom is 0.217 e. The quantitative estimate of drug-likeness (QED) is 0.300. The lowest BCUT2D eigenvalue weighted by atomic mass is 10.0. The van der Waals surface area contributed by atoms with Crippen molar-refractivity contribution >= 4 is 5.78 Å². The standard InChI is InChI=1S/C23H26N8O/c1-3-5-6-9-20-25-23(19(32)4-2)28-31(20)15-16-10-12-17(13-11-16)21-18(8-7-14-24-21)22-26-29-30-27-22/h7-8,10-14H,3-6,9,15H2,1-2H3,(H,26,27,29,30). The SMILES string of the molecule is CCCCCc1nc(C(=O)CC)nn1Cc1ccc(-c2ncccc2-c2nn[nH]n2)cc1. The van der Waals surface area contributed by atoms with Crippen LogP contribution < -0.4 is 0 Å². The molecule has 0 bridgehead atoms. The van der Waals surface area contributed by atoms with Crippen LogP contribution in [0.15, 0.2) is 42.6 Å². The van der Waals surface area contributed by atoms with Crippen LogP contribution in [0.1, 0.15) is 61.5 Å². The molecule has 1 aromatic carbocycles. The van der Waals surface area contributed by atoms with Crippen LogP contribution in [0.3, 0.4) is 0 Å². The Labute approximate surface area is 186 Å². The van der Waals surface area contributed by atoms with Crippen LogP contribution in [0.5, 0.6) is 0 Å². The molecule has 0 aliphatic carbocycles. The van der Waals surface area contributed by atoms with E-state index in [1.54, 1.807) is 6.20 Å². The second kappa shape index (κ2) is 10.0. The molecule has 9 nitrogen and oxygen atoms in total. The van der Waals surface area contributed by atoms with Crippen molar-refractivity contribution in [1.82, 2.24) is 40.4 Å². The molecule has 0 atom stereocenters. The van der Waals surface area contributed by atoms with E-state index in [9.17, 15) is 4.79 Å². The average Bonchev–Trinajstić information content (AvgIpc) is 3.50. The largest absolute Gasteiger partial charge is 0.291 e. The van der Waals surface area contributed by atoms with E-state index in [1.165, 1.54) is 0 Å². The number of hydrogen-bond acceptors (Lipinski definition) is 7. The zero-order valence-electron chi connectivity index (χ0n) is 18.3. The van der Waals surface area contributed by atoms with Crippen LogP contribution in [0, 0.1) is 0 Å². The molecule has 9 heteroatoms. The van der Waals surface area contributed by atoms with Gasteiger partial charge in [0.15, 0.2) is 0 Å². The summed E-state index contributed by atoms with van der Waals surface area (Å²) in [6.45, 7) is 4.56. The molecule has 0 saturated heterocycles. The number of Topliss-reactive ketones (excluding diaryl/α,β-unsaturated/α-hetero) is 1. The molecule has 0 aliphatic rings. The number of H-pyrrole nitrogens is 1. The maximum absolute atomic E-state index is 12.1. The third-order valence-electron chi connectivity index (χ3n) is 5.28. The van der Waals surface area contributed by atoms with E-state index in [0.717, 1.165) is 53.9 Å². The van der Waals surface area contributed by atoms with E-state index in [4.69, 9.17) is 0 Å². The summed E-state index contributed by atoms with van der Waals surface area (Å²) >= 11 is 0. The van der Waals surface area contributed by atoms with Gasteiger partial charge in [-0.1, -0.05) is 51.0 Å². The lowest BCUT2D eigenvalue weighted by Gasteiger charge is -2.09. The number of aromatic nitrogens is 8. The molecule has 4 rings (SSSR count). The Bertz CT molecular complexity index is 1170. The highest BCUT2D eigenvalue weighted by atomic mass is 16.1. The number of pyridine rings is 1. The molecule has 0 fully saturated rings. The topological polar surface area (TPSA) is 115 Å². The lowest BCUT2D eigenvalue weighted by Crippen LogP contribution is -2.08. The van der Waals surface area contributed by atoms with Crippen LogP contribution in [0.25, 0.3) is 22.6 Å². The van der Waals surface area contributed by atoms with Gasteiger partial charge in [0, 0.05) is 30.2 Å². The highest BCUT2D eigenvalue weighted by Crippen LogP contribution is 2.27. The zero-order chi connectivity index (χ0) is 22.3. The van der Waals surface area contributed by atoms with Gasteiger partial charge in [-0.3, -0.25) is 9.78 Å². The molecule has 0 spiro atoms. The van der Waals surface area contributed by atoms with Gasteiger partial charge in [-0.25, -0.2) is 9.67 Å². The fourth-order valence-corrected chi connectivity index (χ4v) is 3.53. The van der Waals surface area contributed by atoms with Gasteiger partial charge >= 0.3 is 0 Å². The minimum absolute atomic E-state index is 0.0278. The Morgan fingerprint density at radius 3 is 2.66 bits per heavy atom. The van der Waals surface area contributed by atoms with Gasteiger partial charge in [-0.05, 0) is 29.3 Å². The van der Waals surface area contributed by atoms with Crippen molar-refractivity contribution in [2.24, 2.45) is 0 Å². The summed E-state index contributed by atoms with van der Waals surface area (Å²) in [5.41, 5.74) is 3.63. The summed E-state index contributed by atoms with van der Waals surface area (Å²) in [5, 5.41) is 18.8. The Kier molecular flexibility index (Phi) is 6.74. The smallest absolute Gasteiger partial charge is 0.217 e. The van der Waals surface area contributed by atoms with Crippen molar-refractivity contribution in [3.63, 3.8) is 0 Å². The minimum atomic E-state index is -0.0278. The third kappa shape index (κ3) is 4.77. The van der Waals surface area contributed by atoms with E-state index in [0.29, 0.717) is 24.6 Å². The van der Waals surface area contributed by atoms with E-state index in [2.05, 4.69) is 42.6 Å². The molecule has 0 amide bonds. The molecular formula is C23H26N8O. The first-order valence-electron chi connectivity index (χ1n) is 10.9. The monoisotopic (exact) mass is 430 g/mol. The normalized spacial score (nSPS) is 11.1. The number of nitrogens with zero attached hydrogens (tertiary/aromatic N) is 7. The molecule has 3 heterocycles. The number of benzene rings is 1. The average molecular weight is 431 g/mol. The van der Waals surface area contributed by atoms with Crippen molar-refractivity contribution in [2.75, 3.05) is 0 Å². The Hall–Kier alpha value is -3.75. The molecule has 0 radical (unpaired) electrons. The molecule has 4 aromatic rings. The highest BCUT2D eigenvalue weighted by Gasteiger charge is 2.16. The predicted molar refractivity (Wildman–Crippen MR) is 120 cm³/mol. The van der Waals surface area contributed by atoms with Crippen molar-refractivity contribution in [3.8, 4) is 22.6 Å². The second-order valence-corrected chi connectivity index (χ2v) is 7.58. The van der Waals surface area contributed by atoms with Crippen molar-refractivity contribution < 1.29 is 4.79 Å². The van der Waals surface area contributed by atoms with Gasteiger partial charge in [0.05, 0.1) is 12.2 Å². The van der Waals surface area contributed by atoms with Crippen molar-refractivity contribution in [2.45, 2.75) is 52.5 Å². The number of rotatable bonds is 10. The summed E-state index contributed by atoms with van der Waals surface area (Å²) in [5.74, 6) is 1.65. The first kappa shape index (κ1) is 21.5. The molecular weight excluding hydrogens is 404 g/mol. The second-order valence-electron chi connectivity index (χ2n) is 7.58. The molecule has 3 aromatic heterocycles. The number of nitrogens with one attached hydrogen (secondary N) is 1. The van der Waals surface area contributed by atoms with E-state index in [1.807, 2.05) is 48.0 Å². The summed E-state index contributed by atoms with van der Waals surface area (Å²) < 4.78 is 1.86. The molecule has 0 unspecified atom stereocenters. The van der Waals surface area contributed by atoms with Crippen LogP contribution in [0.2, 0.25) is 0 Å². The van der Waals surface area contributed by atoms with Gasteiger partial charge in [0.2, 0.25) is 17.4 Å². The Morgan fingerprint density at radius 1 is 1.09 bits per heavy atom. The molecule has 0 aliphatic heterocycles. The summed E-state index contributed by atoms with van der Waals surface area (Å²) in [6, 6.07) is 11.9. The Balaban J connectivity index is 1.57. The molecule has 0 saturated carbocycles. The van der Waals surface area contributed by atoms with E-state index >= 15 is 0 Å². The number of carbonyl (C=O) groups excluding carboxylic acids is 1. The highest BCUT2D eigenvalue weighted by molar-refractivity contribution is 5.92. The number of carbonyl (C=O) groups is 1. The fraction of sp³-hybridized carbons (Fsp3) is 0.348. The maximum atomic E-state index is 12.1. The molecule has 164 valence electrons. The predicted octanol–water partition coefficient (Wildman–Crippen LogP) is 3.89. The van der Waals surface area contributed by atoms with Gasteiger partial charge in [0.25, 0.3) is 0 Å². The van der Waals surface area contributed by atoms with E-state index < -0.39 is 0 Å². The number of hydrogen-bond donors (Lipinski definition) is 1. The first-order chi connectivity index (χ1) is 15.7. The van der Waals surface area contributed by atoms with Gasteiger partial charge in [-0.2, -0.15) is 5.21 Å². The lowest BCUT2D eigenvalue weighted by molar-refractivity contribution is 0.0978. The number of unbranched alkanes of at least 4 members (excludes halogenated alkanes) is 2. The first-order valence-corrected chi connectivity index (χ1v) is 10.9. The third-order valence-corrected chi connectivity index (χ3v) is 5.28. The van der Waals surface area contributed by atoms with Gasteiger partial charge < -0.3 is 0 Å².